The molecule has 0 unspecified atom stereocenters. The van der Waals surface area contributed by atoms with Crippen molar-refractivity contribution in [2.75, 3.05) is 0 Å². The molecule has 0 radical (unpaired) electrons. The van der Waals surface area contributed by atoms with Gasteiger partial charge in [0.2, 0.25) is 5.91 Å². The molecular weight excluding hydrogens is 310 g/mol. The fraction of sp³-hybridized carbons (Fsp3) is 0.125. The molecule has 0 fully saturated rings. The third kappa shape index (κ3) is 4.33. The topological polar surface area (TPSA) is 72.7 Å². The standard InChI is InChI=1S/C16H15N5OS/c22-15(6-7-16-18-8-9-23-16)20-14(10-21-12-17-11-19-21)13-4-2-1-3-5-13/h1-9,11-12,14H,10H2,(H,20,22)/b7-6-/t14-/m1/s1. The van der Waals surface area contributed by atoms with Crippen LogP contribution in [-0.4, -0.2) is 25.7 Å². The van der Waals surface area contributed by atoms with Crippen LogP contribution in [0.1, 0.15) is 16.6 Å². The molecule has 2 heterocycles. The van der Waals surface area contributed by atoms with Crippen molar-refractivity contribution >= 4 is 23.3 Å². The highest BCUT2D eigenvalue weighted by molar-refractivity contribution is 7.10. The second kappa shape index (κ2) is 7.46. The largest absolute Gasteiger partial charge is 0.344 e. The van der Waals surface area contributed by atoms with Gasteiger partial charge in [-0.2, -0.15) is 5.10 Å². The minimum absolute atomic E-state index is 0.172. The molecule has 0 spiro atoms. The van der Waals surface area contributed by atoms with Crippen molar-refractivity contribution in [3.05, 3.63) is 71.2 Å². The van der Waals surface area contributed by atoms with Crippen LogP contribution in [0.4, 0.5) is 0 Å². The van der Waals surface area contributed by atoms with Crippen LogP contribution < -0.4 is 5.32 Å². The molecule has 0 aliphatic rings. The highest BCUT2D eigenvalue weighted by atomic mass is 32.1. The first-order chi connectivity index (χ1) is 11.3. The van der Waals surface area contributed by atoms with Gasteiger partial charge in [0.05, 0.1) is 12.6 Å². The molecule has 0 aliphatic carbocycles. The second-order valence-corrected chi connectivity index (χ2v) is 5.72. The summed E-state index contributed by atoms with van der Waals surface area (Å²) in [5.74, 6) is -0.172. The highest BCUT2D eigenvalue weighted by Gasteiger charge is 2.14. The Morgan fingerprint density at radius 2 is 2.22 bits per heavy atom. The summed E-state index contributed by atoms with van der Waals surface area (Å²) in [6.07, 6.45) is 8.02. The van der Waals surface area contributed by atoms with Gasteiger partial charge in [0, 0.05) is 17.7 Å². The molecule has 1 atom stereocenters. The van der Waals surface area contributed by atoms with E-state index in [1.165, 1.54) is 23.7 Å². The van der Waals surface area contributed by atoms with Gasteiger partial charge in [-0.15, -0.1) is 11.3 Å². The lowest BCUT2D eigenvalue weighted by Crippen LogP contribution is -2.30. The number of nitrogens with one attached hydrogen (secondary N) is 1. The molecule has 3 rings (SSSR count). The van der Waals surface area contributed by atoms with Gasteiger partial charge in [0.1, 0.15) is 17.7 Å². The molecule has 1 amide bonds. The molecule has 2 aromatic heterocycles. The number of rotatable bonds is 6. The lowest BCUT2D eigenvalue weighted by atomic mass is 10.1. The van der Waals surface area contributed by atoms with Gasteiger partial charge in [-0.05, 0) is 11.6 Å². The van der Waals surface area contributed by atoms with E-state index in [0.717, 1.165) is 10.6 Å². The van der Waals surface area contributed by atoms with E-state index in [-0.39, 0.29) is 11.9 Å². The summed E-state index contributed by atoms with van der Waals surface area (Å²) in [6, 6.07) is 9.60. The Balaban J connectivity index is 1.71. The van der Waals surface area contributed by atoms with E-state index in [1.807, 2.05) is 35.7 Å². The first-order valence-electron chi connectivity index (χ1n) is 7.07. The predicted octanol–water partition coefficient (Wildman–Crippen LogP) is 2.31. The number of amides is 1. The quantitative estimate of drug-likeness (QED) is 0.706. The minimum atomic E-state index is -0.189. The summed E-state index contributed by atoms with van der Waals surface area (Å²) >= 11 is 1.48. The number of thiazole rings is 1. The summed E-state index contributed by atoms with van der Waals surface area (Å²) in [6.45, 7) is 0.515. The Morgan fingerprint density at radius 1 is 1.35 bits per heavy atom. The molecule has 23 heavy (non-hydrogen) atoms. The lowest BCUT2D eigenvalue weighted by Gasteiger charge is -2.18. The van der Waals surface area contributed by atoms with Crippen LogP contribution in [0.5, 0.6) is 0 Å². The first kappa shape index (κ1) is 15.1. The van der Waals surface area contributed by atoms with Crippen LogP contribution in [0.2, 0.25) is 0 Å². The molecule has 0 saturated heterocycles. The number of aromatic nitrogens is 4. The highest BCUT2D eigenvalue weighted by Crippen LogP contribution is 2.14. The van der Waals surface area contributed by atoms with Crippen LogP contribution >= 0.6 is 11.3 Å². The maximum atomic E-state index is 12.2. The van der Waals surface area contributed by atoms with Crippen LogP contribution in [-0.2, 0) is 11.3 Å². The van der Waals surface area contributed by atoms with E-state index < -0.39 is 0 Å². The van der Waals surface area contributed by atoms with Gasteiger partial charge in [-0.1, -0.05) is 30.3 Å². The fourth-order valence-electron chi connectivity index (χ4n) is 2.12. The van der Waals surface area contributed by atoms with E-state index in [2.05, 4.69) is 20.4 Å². The summed E-state index contributed by atoms with van der Waals surface area (Å²) in [5, 5.41) is 9.77. The summed E-state index contributed by atoms with van der Waals surface area (Å²) in [4.78, 5) is 20.2. The number of nitrogens with zero attached hydrogens (tertiary/aromatic N) is 4. The van der Waals surface area contributed by atoms with E-state index >= 15 is 0 Å². The maximum Gasteiger partial charge on any atom is 0.244 e. The van der Waals surface area contributed by atoms with Crippen molar-refractivity contribution in [3.8, 4) is 0 Å². The van der Waals surface area contributed by atoms with Crippen molar-refractivity contribution in [2.24, 2.45) is 0 Å². The monoisotopic (exact) mass is 325 g/mol. The van der Waals surface area contributed by atoms with Crippen LogP contribution in [0.15, 0.2) is 60.6 Å². The minimum Gasteiger partial charge on any atom is -0.344 e. The molecule has 0 aliphatic heterocycles. The van der Waals surface area contributed by atoms with E-state index in [0.29, 0.717) is 6.54 Å². The Labute approximate surface area is 137 Å². The SMILES string of the molecule is O=C(/C=C\c1nccs1)N[C@H](Cn1cncn1)c1ccccc1. The molecule has 1 aromatic carbocycles. The summed E-state index contributed by atoms with van der Waals surface area (Å²) < 4.78 is 1.70. The number of carbonyl (C=O) groups excluding carboxylic acids is 1. The predicted molar refractivity (Wildman–Crippen MR) is 88.5 cm³/mol. The van der Waals surface area contributed by atoms with Gasteiger partial charge < -0.3 is 5.32 Å². The number of hydrogen-bond acceptors (Lipinski definition) is 5. The zero-order valence-electron chi connectivity index (χ0n) is 12.2. The lowest BCUT2D eigenvalue weighted by molar-refractivity contribution is -0.117. The van der Waals surface area contributed by atoms with Crippen molar-refractivity contribution < 1.29 is 4.79 Å². The van der Waals surface area contributed by atoms with Gasteiger partial charge >= 0.3 is 0 Å². The van der Waals surface area contributed by atoms with E-state index in [1.54, 1.807) is 23.3 Å². The second-order valence-electron chi connectivity index (χ2n) is 4.79. The van der Waals surface area contributed by atoms with Crippen molar-refractivity contribution in [2.45, 2.75) is 12.6 Å². The van der Waals surface area contributed by atoms with Gasteiger partial charge in [0.15, 0.2) is 0 Å². The van der Waals surface area contributed by atoms with Crippen molar-refractivity contribution in [1.29, 1.82) is 0 Å². The Kier molecular flexibility index (Phi) is 4.90. The Hall–Kier alpha value is -2.80. The normalized spacial score (nSPS) is 12.3. The smallest absolute Gasteiger partial charge is 0.244 e. The summed E-state index contributed by atoms with van der Waals surface area (Å²) in [7, 11) is 0. The molecule has 1 N–H and O–H groups in total. The molecular formula is C16H15N5OS. The molecule has 6 nitrogen and oxygen atoms in total. The average molecular weight is 325 g/mol. The number of carbonyl (C=O) groups is 1. The molecule has 7 heteroatoms. The molecule has 116 valence electrons. The third-order valence-corrected chi connectivity index (χ3v) is 3.92. The Morgan fingerprint density at radius 3 is 2.91 bits per heavy atom. The average Bonchev–Trinajstić information content (AvgIpc) is 3.27. The van der Waals surface area contributed by atoms with Gasteiger partial charge in [-0.25, -0.2) is 9.97 Å². The van der Waals surface area contributed by atoms with Crippen molar-refractivity contribution in [3.63, 3.8) is 0 Å². The molecule has 0 bridgehead atoms. The molecule has 3 aromatic rings. The Bertz CT molecular complexity index is 753. The first-order valence-corrected chi connectivity index (χ1v) is 7.94. The third-order valence-electron chi connectivity index (χ3n) is 3.18. The van der Waals surface area contributed by atoms with Crippen LogP contribution in [0.3, 0.4) is 0 Å². The van der Waals surface area contributed by atoms with Crippen LogP contribution in [0.25, 0.3) is 6.08 Å². The van der Waals surface area contributed by atoms with E-state index in [4.69, 9.17) is 0 Å². The van der Waals surface area contributed by atoms with E-state index in [9.17, 15) is 4.79 Å². The molecule has 0 saturated carbocycles. The fourth-order valence-corrected chi connectivity index (χ4v) is 2.65. The summed E-state index contributed by atoms with van der Waals surface area (Å²) in [5.41, 5.74) is 1.01. The maximum absolute atomic E-state index is 12.2. The van der Waals surface area contributed by atoms with Gasteiger partial charge in [-0.3, -0.25) is 9.48 Å². The van der Waals surface area contributed by atoms with Crippen molar-refractivity contribution in [1.82, 2.24) is 25.1 Å². The number of benzene rings is 1. The number of hydrogen-bond donors (Lipinski definition) is 1. The zero-order chi connectivity index (χ0) is 15.9. The van der Waals surface area contributed by atoms with Gasteiger partial charge in [0.25, 0.3) is 0 Å². The zero-order valence-corrected chi connectivity index (χ0v) is 13.1. The van der Waals surface area contributed by atoms with Crippen LogP contribution in [0, 0.1) is 0 Å².